The molecule has 1 atom stereocenters. The van der Waals surface area contributed by atoms with Gasteiger partial charge in [0.1, 0.15) is 0 Å². The van der Waals surface area contributed by atoms with Gasteiger partial charge in [-0.25, -0.2) is 5.43 Å². The Balaban J connectivity index is 1.98. The van der Waals surface area contributed by atoms with Gasteiger partial charge >= 0.3 is 0 Å². The van der Waals surface area contributed by atoms with Crippen molar-refractivity contribution in [2.75, 3.05) is 0 Å². The molecular weight excluding hydrogens is 236 g/mol. The molecule has 3 N–H and O–H groups in total. The van der Waals surface area contributed by atoms with E-state index in [1.54, 1.807) is 0 Å². The first-order valence-electron chi connectivity index (χ1n) is 6.50. The molecule has 3 rings (SSSR count). The Morgan fingerprint density at radius 1 is 1.05 bits per heavy atom. The Labute approximate surface area is 113 Å². The molecule has 0 aromatic heterocycles. The van der Waals surface area contributed by atoms with Crippen LogP contribution in [0.2, 0.25) is 0 Å². The molecule has 1 heterocycles. The molecule has 19 heavy (non-hydrogen) atoms. The van der Waals surface area contributed by atoms with Crippen molar-refractivity contribution in [3.63, 3.8) is 0 Å². The second kappa shape index (κ2) is 5.13. The minimum absolute atomic E-state index is 0.0193. The number of nitrogens with one attached hydrogen (secondary N) is 1. The maximum atomic E-state index is 5.75. The Morgan fingerprint density at radius 3 is 2.63 bits per heavy atom. The lowest BCUT2D eigenvalue weighted by Gasteiger charge is -2.18. The lowest BCUT2D eigenvalue weighted by atomic mass is 9.95. The largest absolute Gasteiger partial charge is 0.372 e. The van der Waals surface area contributed by atoms with E-state index in [4.69, 9.17) is 10.6 Å². The number of ether oxygens (including phenoxy) is 1. The summed E-state index contributed by atoms with van der Waals surface area (Å²) in [5, 5.41) is 0. The van der Waals surface area contributed by atoms with E-state index >= 15 is 0 Å². The average molecular weight is 254 g/mol. The summed E-state index contributed by atoms with van der Waals surface area (Å²) in [4.78, 5) is 0. The topological polar surface area (TPSA) is 47.3 Å². The van der Waals surface area contributed by atoms with Gasteiger partial charge in [0.15, 0.2) is 0 Å². The Bertz CT molecular complexity index is 595. The molecule has 2 aromatic carbocycles. The Hall–Kier alpha value is -1.68. The minimum Gasteiger partial charge on any atom is -0.372 e. The van der Waals surface area contributed by atoms with Crippen LogP contribution in [0.3, 0.4) is 0 Å². The minimum atomic E-state index is 0.0193. The van der Waals surface area contributed by atoms with E-state index in [2.05, 4.69) is 54.8 Å². The van der Waals surface area contributed by atoms with E-state index in [1.807, 2.05) is 0 Å². The highest BCUT2D eigenvalue weighted by Crippen LogP contribution is 2.27. The van der Waals surface area contributed by atoms with Crippen LogP contribution in [0.4, 0.5) is 0 Å². The van der Waals surface area contributed by atoms with Crippen LogP contribution in [0, 0.1) is 6.92 Å². The van der Waals surface area contributed by atoms with Crippen LogP contribution in [0.25, 0.3) is 0 Å². The molecule has 0 spiro atoms. The van der Waals surface area contributed by atoms with Crippen molar-refractivity contribution in [3.8, 4) is 0 Å². The van der Waals surface area contributed by atoms with Crippen molar-refractivity contribution >= 4 is 0 Å². The molecule has 0 aliphatic carbocycles. The first-order valence-corrected chi connectivity index (χ1v) is 6.50. The zero-order valence-corrected chi connectivity index (χ0v) is 11.0. The van der Waals surface area contributed by atoms with E-state index in [0.717, 1.165) is 6.61 Å². The Morgan fingerprint density at radius 2 is 1.84 bits per heavy atom. The lowest BCUT2D eigenvalue weighted by molar-refractivity contribution is 0.134. The summed E-state index contributed by atoms with van der Waals surface area (Å²) < 4.78 is 5.46. The number of rotatable bonds is 3. The van der Waals surface area contributed by atoms with Gasteiger partial charge in [0.05, 0.1) is 19.3 Å². The fraction of sp³-hybridized carbons (Fsp3) is 0.250. The van der Waals surface area contributed by atoms with E-state index in [9.17, 15) is 0 Å². The van der Waals surface area contributed by atoms with Gasteiger partial charge in [-0.2, -0.15) is 0 Å². The van der Waals surface area contributed by atoms with Gasteiger partial charge < -0.3 is 4.74 Å². The predicted molar refractivity (Wildman–Crippen MR) is 75.3 cm³/mol. The number of aryl methyl sites for hydroxylation is 1. The predicted octanol–water partition coefficient (Wildman–Crippen LogP) is 2.58. The molecule has 3 nitrogen and oxygen atoms in total. The SMILES string of the molecule is Cc1cccc(C(NN)c2ccc3c(c2)COC3)c1. The molecule has 98 valence electrons. The third-order valence-corrected chi connectivity index (χ3v) is 3.62. The highest BCUT2D eigenvalue weighted by Gasteiger charge is 2.17. The summed E-state index contributed by atoms with van der Waals surface area (Å²) in [7, 11) is 0. The highest BCUT2D eigenvalue weighted by molar-refractivity contribution is 5.39. The second-order valence-corrected chi connectivity index (χ2v) is 5.03. The van der Waals surface area contributed by atoms with Gasteiger partial charge in [0, 0.05) is 0 Å². The summed E-state index contributed by atoms with van der Waals surface area (Å²) in [5.74, 6) is 5.75. The quantitative estimate of drug-likeness (QED) is 0.653. The van der Waals surface area contributed by atoms with Crippen LogP contribution in [-0.4, -0.2) is 0 Å². The number of hydrazine groups is 1. The zero-order chi connectivity index (χ0) is 13.2. The maximum absolute atomic E-state index is 5.75. The summed E-state index contributed by atoms with van der Waals surface area (Å²) in [6, 6.07) is 14.9. The fourth-order valence-electron chi connectivity index (χ4n) is 2.61. The average Bonchev–Trinajstić information content (AvgIpc) is 2.87. The smallest absolute Gasteiger partial charge is 0.0725 e. The first-order chi connectivity index (χ1) is 9.28. The molecule has 1 unspecified atom stereocenters. The number of benzene rings is 2. The monoisotopic (exact) mass is 254 g/mol. The molecule has 3 heteroatoms. The Kier molecular flexibility index (Phi) is 3.34. The van der Waals surface area contributed by atoms with Crippen LogP contribution in [-0.2, 0) is 18.0 Å². The summed E-state index contributed by atoms with van der Waals surface area (Å²) in [6.07, 6.45) is 0. The summed E-state index contributed by atoms with van der Waals surface area (Å²) >= 11 is 0. The third-order valence-electron chi connectivity index (χ3n) is 3.62. The molecule has 0 saturated carbocycles. The van der Waals surface area contributed by atoms with E-state index in [1.165, 1.54) is 27.8 Å². The fourth-order valence-corrected chi connectivity index (χ4v) is 2.61. The van der Waals surface area contributed by atoms with Crippen molar-refractivity contribution < 1.29 is 4.74 Å². The maximum Gasteiger partial charge on any atom is 0.0725 e. The van der Waals surface area contributed by atoms with Crippen LogP contribution in [0.1, 0.15) is 33.9 Å². The number of hydrogen-bond acceptors (Lipinski definition) is 3. The van der Waals surface area contributed by atoms with Crippen LogP contribution >= 0.6 is 0 Å². The van der Waals surface area contributed by atoms with Crippen molar-refractivity contribution in [3.05, 3.63) is 70.3 Å². The zero-order valence-electron chi connectivity index (χ0n) is 11.0. The molecule has 1 aliphatic heterocycles. The van der Waals surface area contributed by atoms with Gasteiger partial charge in [0.25, 0.3) is 0 Å². The molecule has 0 amide bonds. The molecule has 2 aromatic rings. The number of hydrogen-bond donors (Lipinski definition) is 2. The molecule has 0 fully saturated rings. The molecular formula is C16H18N2O. The van der Waals surface area contributed by atoms with Gasteiger partial charge in [-0.3, -0.25) is 5.84 Å². The van der Waals surface area contributed by atoms with E-state index < -0.39 is 0 Å². The van der Waals surface area contributed by atoms with Gasteiger partial charge in [-0.1, -0.05) is 48.0 Å². The number of fused-ring (bicyclic) bond motifs is 1. The van der Waals surface area contributed by atoms with E-state index in [0.29, 0.717) is 6.61 Å². The van der Waals surface area contributed by atoms with Gasteiger partial charge in [0.2, 0.25) is 0 Å². The van der Waals surface area contributed by atoms with Crippen LogP contribution in [0.5, 0.6) is 0 Å². The standard InChI is InChI=1S/C16H18N2O/c1-11-3-2-4-12(7-11)16(18-17)13-5-6-14-9-19-10-15(14)8-13/h2-8,16,18H,9-10,17H2,1H3. The second-order valence-electron chi connectivity index (χ2n) is 5.03. The normalized spacial score (nSPS) is 15.3. The first kappa shape index (κ1) is 12.4. The summed E-state index contributed by atoms with van der Waals surface area (Å²) in [6.45, 7) is 3.52. The van der Waals surface area contributed by atoms with Gasteiger partial charge in [-0.15, -0.1) is 0 Å². The lowest BCUT2D eigenvalue weighted by Crippen LogP contribution is -2.29. The molecule has 0 radical (unpaired) electrons. The van der Waals surface area contributed by atoms with Crippen LogP contribution < -0.4 is 11.3 Å². The molecule has 0 saturated heterocycles. The van der Waals surface area contributed by atoms with E-state index in [-0.39, 0.29) is 6.04 Å². The van der Waals surface area contributed by atoms with Crippen LogP contribution in [0.15, 0.2) is 42.5 Å². The van der Waals surface area contributed by atoms with Crippen molar-refractivity contribution in [1.29, 1.82) is 0 Å². The van der Waals surface area contributed by atoms with Crippen molar-refractivity contribution in [1.82, 2.24) is 5.43 Å². The highest BCUT2D eigenvalue weighted by atomic mass is 16.5. The molecule has 1 aliphatic rings. The van der Waals surface area contributed by atoms with Crippen molar-refractivity contribution in [2.45, 2.75) is 26.2 Å². The third kappa shape index (κ3) is 2.40. The number of nitrogens with two attached hydrogens (primary N) is 1. The summed E-state index contributed by atoms with van der Waals surface area (Å²) in [5.41, 5.74) is 9.06. The van der Waals surface area contributed by atoms with Gasteiger partial charge in [-0.05, 0) is 29.2 Å². The molecule has 0 bridgehead atoms. The van der Waals surface area contributed by atoms with Crippen molar-refractivity contribution in [2.24, 2.45) is 5.84 Å².